The molecule has 0 bridgehead atoms. The quantitative estimate of drug-likeness (QED) is 0.871. The van der Waals surface area contributed by atoms with E-state index < -0.39 is 0 Å². The molecule has 0 aliphatic carbocycles. The van der Waals surface area contributed by atoms with Gasteiger partial charge in [-0.05, 0) is 56.1 Å². The molecule has 1 fully saturated rings. The van der Waals surface area contributed by atoms with Gasteiger partial charge in [-0.3, -0.25) is 4.79 Å². The van der Waals surface area contributed by atoms with Crippen molar-refractivity contribution >= 4 is 28.4 Å². The highest BCUT2D eigenvalue weighted by Gasteiger charge is 2.20. The van der Waals surface area contributed by atoms with Crippen molar-refractivity contribution in [2.45, 2.75) is 19.3 Å². The fourth-order valence-corrected chi connectivity index (χ4v) is 2.78. The molecule has 1 saturated heterocycles. The molecule has 4 heteroatoms. The highest BCUT2D eigenvalue weighted by Crippen LogP contribution is 2.25. The number of benzene rings is 1. The average Bonchev–Trinajstić information content (AvgIpc) is 2.83. The van der Waals surface area contributed by atoms with Crippen LogP contribution in [-0.4, -0.2) is 18.9 Å². The molecule has 2 heterocycles. The number of halogens is 1. The monoisotopic (exact) mass is 277 g/mol. The van der Waals surface area contributed by atoms with Crippen LogP contribution in [0.2, 0.25) is 5.02 Å². The summed E-state index contributed by atoms with van der Waals surface area (Å²) in [5, 5.41) is 4.85. The van der Waals surface area contributed by atoms with Crippen molar-refractivity contribution in [2.24, 2.45) is 5.92 Å². The molecular formula is C15H16ClNO2. The first-order valence-corrected chi connectivity index (χ1v) is 7.03. The first-order valence-electron chi connectivity index (χ1n) is 6.65. The number of furan rings is 1. The molecule has 1 aromatic carbocycles. The maximum Gasteiger partial charge on any atom is 0.198 e. The zero-order valence-corrected chi connectivity index (χ0v) is 11.4. The molecule has 0 saturated carbocycles. The van der Waals surface area contributed by atoms with Gasteiger partial charge in [-0.2, -0.15) is 0 Å². The van der Waals surface area contributed by atoms with E-state index in [0.717, 1.165) is 36.9 Å². The Kier molecular flexibility index (Phi) is 3.58. The number of Topliss-reactive ketones (excluding diaryl/α,β-unsaturated/α-hetero) is 1. The smallest absolute Gasteiger partial charge is 0.198 e. The van der Waals surface area contributed by atoms with Gasteiger partial charge in [0.2, 0.25) is 0 Å². The number of nitrogens with one attached hydrogen (secondary N) is 1. The number of piperidine rings is 1. The predicted octanol–water partition coefficient (Wildman–Crippen LogP) is 3.66. The molecule has 0 atom stereocenters. The Labute approximate surface area is 116 Å². The van der Waals surface area contributed by atoms with Crippen LogP contribution in [0.4, 0.5) is 0 Å². The van der Waals surface area contributed by atoms with E-state index in [9.17, 15) is 4.79 Å². The standard InChI is InChI=1S/C15H16ClNO2/c16-12-1-2-14-11(8-12)9-15(19-14)13(18)7-10-3-5-17-6-4-10/h1-2,8-10,17H,3-7H2. The van der Waals surface area contributed by atoms with E-state index in [2.05, 4.69) is 5.32 Å². The van der Waals surface area contributed by atoms with Crippen LogP contribution >= 0.6 is 11.6 Å². The van der Waals surface area contributed by atoms with Gasteiger partial charge in [-0.25, -0.2) is 0 Å². The molecule has 2 aromatic rings. The van der Waals surface area contributed by atoms with Crippen LogP contribution in [0.15, 0.2) is 28.7 Å². The molecule has 1 N–H and O–H groups in total. The van der Waals surface area contributed by atoms with E-state index in [1.807, 2.05) is 6.07 Å². The van der Waals surface area contributed by atoms with E-state index in [1.54, 1.807) is 18.2 Å². The van der Waals surface area contributed by atoms with Gasteiger partial charge >= 0.3 is 0 Å². The van der Waals surface area contributed by atoms with E-state index in [0.29, 0.717) is 23.1 Å². The summed E-state index contributed by atoms with van der Waals surface area (Å²) in [7, 11) is 0. The number of hydrogen-bond acceptors (Lipinski definition) is 3. The van der Waals surface area contributed by atoms with Gasteiger partial charge in [0.25, 0.3) is 0 Å². The highest BCUT2D eigenvalue weighted by atomic mass is 35.5. The second-order valence-corrected chi connectivity index (χ2v) is 5.55. The Hall–Kier alpha value is -1.32. The van der Waals surface area contributed by atoms with E-state index in [-0.39, 0.29) is 5.78 Å². The third kappa shape index (κ3) is 2.82. The summed E-state index contributed by atoms with van der Waals surface area (Å²) in [5.41, 5.74) is 0.720. The van der Waals surface area contributed by atoms with E-state index >= 15 is 0 Å². The average molecular weight is 278 g/mol. The van der Waals surface area contributed by atoms with Crippen LogP contribution in [0, 0.1) is 5.92 Å². The number of carbonyl (C=O) groups is 1. The zero-order valence-electron chi connectivity index (χ0n) is 10.6. The summed E-state index contributed by atoms with van der Waals surface area (Å²) in [5.74, 6) is 1.03. The summed E-state index contributed by atoms with van der Waals surface area (Å²) in [6.45, 7) is 2.02. The van der Waals surface area contributed by atoms with Crippen LogP contribution < -0.4 is 5.32 Å². The topological polar surface area (TPSA) is 42.2 Å². The van der Waals surface area contributed by atoms with Crippen LogP contribution in [0.5, 0.6) is 0 Å². The highest BCUT2D eigenvalue weighted by molar-refractivity contribution is 6.31. The second kappa shape index (κ2) is 5.35. The Morgan fingerprint density at radius 1 is 1.32 bits per heavy atom. The maximum absolute atomic E-state index is 12.2. The minimum atomic E-state index is 0.0965. The second-order valence-electron chi connectivity index (χ2n) is 5.11. The summed E-state index contributed by atoms with van der Waals surface area (Å²) in [4.78, 5) is 12.2. The molecule has 0 amide bonds. The van der Waals surface area contributed by atoms with Gasteiger partial charge in [0.15, 0.2) is 11.5 Å². The lowest BCUT2D eigenvalue weighted by atomic mass is 9.92. The number of rotatable bonds is 3. The SMILES string of the molecule is O=C(CC1CCNCC1)c1cc2cc(Cl)ccc2o1. The van der Waals surface area contributed by atoms with Crippen LogP contribution in [0.3, 0.4) is 0 Å². The molecule has 19 heavy (non-hydrogen) atoms. The third-order valence-corrected chi connectivity index (χ3v) is 3.92. The number of ketones is 1. The van der Waals surface area contributed by atoms with Crippen molar-refractivity contribution in [3.8, 4) is 0 Å². The Morgan fingerprint density at radius 3 is 2.89 bits per heavy atom. The van der Waals surface area contributed by atoms with Crippen molar-refractivity contribution in [2.75, 3.05) is 13.1 Å². The predicted molar refractivity (Wildman–Crippen MR) is 75.8 cm³/mol. The first-order chi connectivity index (χ1) is 9.22. The lowest BCUT2D eigenvalue weighted by Crippen LogP contribution is -2.28. The van der Waals surface area contributed by atoms with Crippen LogP contribution in [0.1, 0.15) is 29.8 Å². The van der Waals surface area contributed by atoms with Gasteiger partial charge in [0.1, 0.15) is 5.58 Å². The minimum absolute atomic E-state index is 0.0965. The van der Waals surface area contributed by atoms with E-state index in [1.165, 1.54) is 0 Å². The molecule has 0 radical (unpaired) electrons. The van der Waals surface area contributed by atoms with Crippen molar-refractivity contribution < 1.29 is 9.21 Å². The molecule has 1 aromatic heterocycles. The minimum Gasteiger partial charge on any atom is -0.453 e. The Balaban J connectivity index is 1.77. The normalized spacial score (nSPS) is 16.9. The number of fused-ring (bicyclic) bond motifs is 1. The summed E-state index contributed by atoms with van der Waals surface area (Å²) in [6, 6.07) is 7.19. The van der Waals surface area contributed by atoms with Gasteiger partial charge in [0.05, 0.1) is 0 Å². The summed E-state index contributed by atoms with van der Waals surface area (Å²) in [6.07, 6.45) is 2.71. The van der Waals surface area contributed by atoms with Crippen molar-refractivity contribution in [3.05, 3.63) is 35.0 Å². The first kappa shape index (κ1) is 12.7. The lowest BCUT2D eigenvalue weighted by Gasteiger charge is -2.21. The molecular weight excluding hydrogens is 262 g/mol. The van der Waals surface area contributed by atoms with Gasteiger partial charge in [0, 0.05) is 16.8 Å². The van der Waals surface area contributed by atoms with Crippen molar-refractivity contribution in [3.63, 3.8) is 0 Å². The van der Waals surface area contributed by atoms with Crippen LogP contribution in [0.25, 0.3) is 11.0 Å². The lowest BCUT2D eigenvalue weighted by molar-refractivity contribution is 0.0927. The van der Waals surface area contributed by atoms with Crippen molar-refractivity contribution in [1.29, 1.82) is 0 Å². The molecule has 3 nitrogen and oxygen atoms in total. The molecule has 1 aliphatic rings. The van der Waals surface area contributed by atoms with E-state index in [4.69, 9.17) is 16.0 Å². The summed E-state index contributed by atoms with van der Waals surface area (Å²) >= 11 is 5.93. The fraction of sp³-hybridized carbons (Fsp3) is 0.400. The fourth-order valence-electron chi connectivity index (χ4n) is 2.60. The van der Waals surface area contributed by atoms with Crippen molar-refractivity contribution in [1.82, 2.24) is 5.32 Å². The van der Waals surface area contributed by atoms with Gasteiger partial charge in [-0.1, -0.05) is 11.6 Å². The molecule has 3 rings (SSSR count). The molecule has 1 aliphatic heterocycles. The number of carbonyl (C=O) groups excluding carboxylic acids is 1. The Morgan fingerprint density at radius 2 is 2.11 bits per heavy atom. The summed E-state index contributed by atoms with van der Waals surface area (Å²) < 4.78 is 5.60. The molecule has 100 valence electrons. The maximum atomic E-state index is 12.2. The van der Waals surface area contributed by atoms with Gasteiger partial charge < -0.3 is 9.73 Å². The third-order valence-electron chi connectivity index (χ3n) is 3.69. The largest absolute Gasteiger partial charge is 0.453 e. The zero-order chi connectivity index (χ0) is 13.2. The number of hydrogen-bond donors (Lipinski definition) is 1. The molecule has 0 spiro atoms. The van der Waals surface area contributed by atoms with Gasteiger partial charge in [-0.15, -0.1) is 0 Å². The molecule has 0 unspecified atom stereocenters. The Bertz CT molecular complexity index is 599. The van der Waals surface area contributed by atoms with Crippen LogP contribution in [-0.2, 0) is 0 Å².